The van der Waals surface area contributed by atoms with Crippen LogP contribution in [0.2, 0.25) is 0 Å². The third-order valence-electron chi connectivity index (χ3n) is 1.87. The monoisotopic (exact) mass is 528 g/mol. The highest BCUT2D eigenvalue weighted by molar-refractivity contribution is 7.80. The van der Waals surface area contributed by atoms with E-state index in [1.54, 1.807) is 48.5 Å². The van der Waals surface area contributed by atoms with E-state index in [1.165, 1.54) is 0 Å². The summed E-state index contributed by atoms with van der Waals surface area (Å²) in [5.41, 5.74) is 24.5. The smallest absolute Gasteiger partial charge is 0.394 e. The van der Waals surface area contributed by atoms with E-state index in [-0.39, 0.29) is 5.48 Å². The average molecular weight is 529 g/mol. The van der Waals surface area contributed by atoms with Gasteiger partial charge in [0.05, 0.1) is 0 Å². The fourth-order valence-corrected chi connectivity index (χ4v) is 0.992. The highest BCUT2D eigenvalue weighted by Crippen LogP contribution is 2.05. The van der Waals surface area contributed by atoms with Crippen molar-refractivity contribution in [1.82, 2.24) is 0 Å². The van der Waals surface area contributed by atoms with Gasteiger partial charge in [-0.3, -0.25) is 27.3 Å². The molecule has 0 unspecified atom stereocenters. The molecule has 2 aromatic rings. The summed E-state index contributed by atoms with van der Waals surface area (Å²) in [6.45, 7) is 0. The molecule has 0 aliphatic carbocycles. The van der Waals surface area contributed by atoms with Crippen LogP contribution in [0.1, 0.15) is 0 Å². The molecule has 0 aliphatic heterocycles. The summed E-state index contributed by atoms with van der Waals surface area (Å²) in [5, 5.41) is 0. The maximum Gasteiger partial charge on any atom is 0.394 e. The lowest BCUT2D eigenvalue weighted by Crippen LogP contribution is -1.89. The molecule has 16 N–H and O–H groups in total. The predicted molar refractivity (Wildman–Crippen MR) is 117 cm³/mol. The minimum absolute atomic E-state index is 0. The van der Waals surface area contributed by atoms with Crippen molar-refractivity contribution in [2.45, 2.75) is 0 Å². The van der Waals surface area contributed by atoms with Crippen molar-refractivity contribution in [2.24, 2.45) is 0 Å². The molecule has 2 aromatic carbocycles. The highest BCUT2D eigenvalue weighted by Gasteiger charge is 1.86. The van der Waals surface area contributed by atoms with E-state index < -0.39 is 31.2 Å². The second kappa shape index (κ2) is 16.8. The van der Waals surface area contributed by atoms with Crippen LogP contribution in [0.4, 0.5) is 22.7 Å². The molecule has 0 aromatic heterocycles. The summed E-state index contributed by atoms with van der Waals surface area (Å²) >= 11 is 0. The number of nitrogens with two attached hydrogens (primary N) is 4. The van der Waals surface area contributed by atoms with Crippen LogP contribution < -0.4 is 22.9 Å². The van der Waals surface area contributed by atoms with Crippen LogP contribution in [0.3, 0.4) is 0 Å². The Morgan fingerprint density at radius 1 is 0.406 bits per heavy atom. The van der Waals surface area contributed by atoms with Crippen LogP contribution in [0, 0.1) is 0 Å². The van der Waals surface area contributed by atoms with Gasteiger partial charge in [0.25, 0.3) is 0 Å². The largest absolute Gasteiger partial charge is 0.412 e. The molecule has 0 heterocycles. The summed E-state index contributed by atoms with van der Waals surface area (Å²) in [6.07, 6.45) is 0. The van der Waals surface area contributed by atoms with Gasteiger partial charge in [-0.25, -0.2) is 0 Å². The minimum atomic E-state index is -4.67. The molecule has 20 heteroatoms. The van der Waals surface area contributed by atoms with Crippen LogP contribution >= 0.6 is 0 Å². The molecular formula is C12H24N4O13S3. The molecule has 0 radical (unpaired) electrons. The molecule has 2 rings (SSSR count). The molecule has 0 bridgehead atoms. The Morgan fingerprint density at radius 2 is 0.469 bits per heavy atom. The first kappa shape index (κ1) is 36.6. The molecule has 0 aliphatic rings. The van der Waals surface area contributed by atoms with Crippen LogP contribution in [0.5, 0.6) is 0 Å². The van der Waals surface area contributed by atoms with Gasteiger partial charge in [0.15, 0.2) is 0 Å². The van der Waals surface area contributed by atoms with Gasteiger partial charge in [-0.2, -0.15) is 25.3 Å². The maximum atomic E-state index is 8.74. The molecule has 32 heavy (non-hydrogen) atoms. The normalized spacial score (nSPS) is 9.94. The zero-order valence-corrected chi connectivity index (χ0v) is 18.2. The maximum absolute atomic E-state index is 8.74. The molecule has 0 amide bonds. The van der Waals surface area contributed by atoms with E-state index in [4.69, 9.17) is 75.5 Å². The van der Waals surface area contributed by atoms with Crippen molar-refractivity contribution < 1.29 is 58.0 Å². The van der Waals surface area contributed by atoms with Gasteiger partial charge in [-0.05, 0) is 48.5 Å². The third kappa shape index (κ3) is 63.1. The lowest BCUT2D eigenvalue weighted by Gasteiger charge is -1.90. The minimum Gasteiger partial charge on any atom is -0.412 e. The molecule has 0 atom stereocenters. The number of benzene rings is 2. The number of anilines is 4. The van der Waals surface area contributed by atoms with Crippen molar-refractivity contribution in [3.8, 4) is 0 Å². The van der Waals surface area contributed by atoms with Crippen molar-refractivity contribution in [3.05, 3.63) is 48.5 Å². The average Bonchev–Trinajstić information content (AvgIpc) is 2.49. The molecular weight excluding hydrogens is 504 g/mol. The van der Waals surface area contributed by atoms with E-state index in [0.717, 1.165) is 22.7 Å². The van der Waals surface area contributed by atoms with Crippen molar-refractivity contribution >= 4 is 53.9 Å². The fraction of sp³-hybridized carbons (Fsp3) is 0. The summed E-state index contributed by atoms with van der Waals surface area (Å²) in [5.74, 6) is 0. The number of nitrogen functional groups attached to an aromatic ring is 4. The van der Waals surface area contributed by atoms with Crippen LogP contribution in [-0.4, -0.2) is 58.0 Å². The van der Waals surface area contributed by atoms with Gasteiger partial charge in [0.2, 0.25) is 0 Å². The zero-order chi connectivity index (χ0) is 25.5. The molecule has 0 spiro atoms. The predicted octanol–water partition coefficient (Wildman–Crippen LogP) is -1.08. The van der Waals surface area contributed by atoms with Crippen LogP contribution in [-0.2, 0) is 31.2 Å². The first-order valence-corrected chi connectivity index (χ1v) is 11.1. The topological polar surface area (TPSA) is 359 Å². The fourth-order valence-electron chi connectivity index (χ4n) is 0.992. The lowest BCUT2D eigenvalue weighted by molar-refractivity contribution is 0.378. The van der Waals surface area contributed by atoms with Crippen LogP contribution in [0.15, 0.2) is 48.5 Å². The molecule has 0 saturated carbocycles. The van der Waals surface area contributed by atoms with Gasteiger partial charge >= 0.3 is 31.2 Å². The molecule has 0 fully saturated rings. The van der Waals surface area contributed by atoms with Crippen molar-refractivity contribution in [3.63, 3.8) is 0 Å². The Hall–Kier alpha value is -2.79. The zero-order valence-electron chi connectivity index (χ0n) is 15.8. The molecule has 188 valence electrons. The number of hydrogen-bond acceptors (Lipinski definition) is 10. The quantitative estimate of drug-likeness (QED) is 0.143. The first-order chi connectivity index (χ1) is 13.6. The SMILES string of the molecule is Nc1ccc(N)cc1.Nc1ccc(N)cc1.O.O=S(=O)(O)O.O=S(=O)(O)O.O=S(=O)(O)O. The van der Waals surface area contributed by atoms with Gasteiger partial charge in [0, 0.05) is 22.7 Å². The van der Waals surface area contributed by atoms with E-state index >= 15 is 0 Å². The van der Waals surface area contributed by atoms with E-state index in [9.17, 15) is 0 Å². The van der Waals surface area contributed by atoms with Crippen LogP contribution in [0.25, 0.3) is 0 Å². The van der Waals surface area contributed by atoms with Crippen molar-refractivity contribution in [2.75, 3.05) is 22.9 Å². The van der Waals surface area contributed by atoms with E-state index in [2.05, 4.69) is 0 Å². The summed E-state index contributed by atoms with van der Waals surface area (Å²) in [7, 11) is -14.0. The van der Waals surface area contributed by atoms with Gasteiger partial charge in [0.1, 0.15) is 0 Å². The van der Waals surface area contributed by atoms with E-state index in [0.29, 0.717) is 0 Å². The Morgan fingerprint density at radius 3 is 0.531 bits per heavy atom. The Balaban J connectivity index is -0.000000156. The highest BCUT2D eigenvalue weighted by atomic mass is 32.3. The van der Waals surface area contributed by atoms with Crippen molar-refractivity contribution in [1.29, 1.82) is 0 Å². The summed E-state index contributed by atoms with van der Waals surface area (Å²) in [6, 6.07) is 14.2. The van der Waals surface area contributed by atoms with E-state index in [1.807, 2.05) is 0 Å². The summed E-state index contributed by atoms with van der Waals surface area (Å²) in [4.78, 5) is 0. The van der Waals surface area contributed by atoms with Gasteiger partial charge < -0.3 is 28.4 Å². The Labute approximate surface area is 183 Å². The second-order valence-corrected chi connectivity index (χ2v) is 7.36. The molecule has 17 nitrogen and oxygen atoms in total. The second-order valence-electron chi connectivity index (χ2n) is 4.68. The number of rotatable bonds is 0. The molecule has 0 saturated heterocycles. The van der Waals surface area contributed by atoms with Gasteiger partial charge in [-0.15, -0.1) is 0 Å². The lowest BCUT2D eigenvalue weighted by atomic mass is 10.3. The standard InChI is InChI=1S/2C6H8N2.3H2O4S.H2O/c2*7-5-1-2-6(8)4-3-5;3*1-5(2,3)4;/h2*1-4H,7-8H2;3*(H2,1,2,3,4);1H2. The Bertz CT molecular complexity index is 875. The third-order valence-corrected chi connectivity index (χ3v) is 1.87. The number of hydrogen-bond donors (Lipinski definition) is 10. The Kier molecular flexibility index (Phi) is 19.3. The first-order valence-electron chi connectivity index (χ1n) is 6.89. The van der Waals surface area contributed by atoms with Gasteiger partial charge in [-0.1, -0.05) is 0 Å². The summed E-state index contributed by atoms with van der Waals surface area (Å²) < 4.78 is 94.8.